The largest absolute Gasteiger partial charge is 0.465 e. The normalized spacial score (nSPS) is 10.6. The topological polar surface area (TPSA) is 83.3 Å². The summed E-state index contributed by atoms with van der Waals surface area (Å²) in [5, 5.41) is 0.262. The van der Waals surface area contributed by atoms with Crippen molar-refractivity contribution in [2.75, 3.05) is 13.7 Å². The van der Waals surface area contributed by atoms with Crippen molar-refractivity contribution >= 4 is 17.0 Å². The molecule has 2 heterocycles. The minimum absolute atomic E-state index is 0.0328. The van der Waals surface area contributed by atoms with Gasteiger partial charge in [0.25, 0.3) is 0 Å². The van der Waals surface area contributed by atoms with E-state index in [9.17, 15) is 9.59 Å². The molecule has 0 unspecified atom stereocenters. The first-order valence-electron chi connectivity index (χ1n) is 6.23. The third-order valence-electron chi connectivity index (χ3n) is 2.81. The summed E-state index contributed by atoms with van der Waals surface area (Å²) in [6.07, 6.45) is 2.81. The number of hydrogen-bond acceptors (Lipinski definition) is 6. The lowest BCUT2D eigenvalue weighted by molar-refractivity contribution is 0.0598. The van der Waals surface area contributed by atoms with E-state index in [0.29, 0.717) is 18.8 Å². The van der Waals surface area contributed by atoms with Gasteiger partial charge in [0.2, 0.25) is 5.43 Å². The van der Waals surface area contributed by atoms with Gasteiger partial charge in [-0.15, -0.1) is 0 Å². The summed E-state index contributed by atoms with van der Waals surface area (Å²) in [5.41, 5.74) is -0.0437. The Morgan fingerprint density at radius 1 is 1.40 bits per heavy atom. The van der Waals surface area contributed by atoms with Gasteiger partial charge >= 0.3 is 12.0 Å². The highest BCUT2D eigenvalue weighted by molar-refractivity contribution is 5.92. The Hall–Kier alpha value is -2.44. The van der Waals surface area contributed by atoms with Gasteiger partial charge in [-0.2, -0.15) is 4.98 Å². The number of fused-ring (bicyclic) bond motifs is 1. The quantitative estimate of drug-likeness (QED) is 0.775. The summed E-state index contributed by atoms with van der Waals surface area (Å²) in [6.45, 7) is 4.68. The average molecular weight is 277 g/mol. The highest BCUT2D eigenvalue weighted by Crippen LogP contribution is 2.13. The third kappa shape index (κ3) is 2.34. The second-order valence-corrected chi connectivity index (χ2v) is 3.97. The summed E-state index contributed by atoms with van der Waals surface area (Å²) in [4.78, 5) is 32.0. The first-order valence-corrected chi connectivity index (χ1v) is 6.23. The fraction of sp³-hybridized carbons (Fsp3) is 0.385. The lowest BCUT2D eigenvalue weighted by Gasteiger charge is -2.10. The molecule has 0 aliphatic heterocycles. The molecule has 0 saturated heterocycles. The first-order chi connectivity index (χ1) is 9.62. The van der Waals surface area contributed by atoms with Gasteiger partial charge in [0.05, 0.1) is 19.1 Å². The van der Waals surface area contributed by atoms with Crippen LogP contribution in [0.4, 0.5) is 0 Å². The van der Waals surface area contributed by atoms with Gasteiger partial charge in [-0.05, 0) is 13.8 Å². The van der Waals surface area contributed by atoms with Gasteiger partial charge < -0.3 is 14.0 Å². The Labute approximate surface area is 115 Å². The minimum Gasteiger partial charge on any atom is -0.465 e. The van der Waals surface area contributed by atoms with E-state index in [1.165, 1.54) is 19.5 Å². The number of carbonyl (C=O) groups excluding carboxylic acids is 1. The van der Waals surface area contributed by atoms with Crippen molar-refractivity contribution in [2.24, 2.45) is 0 Å². The summed E-state index contributed by atoms with van der Waals surface area (Å²) in [6, 6.07) is 0.201. The van der Waals surface area contributed by atoms with Crippen LogP contribution in [0.1, 0.15) is 24.2 Å². The SMILES string of the molecule is CCOc1ncc2c(=O)c(C(=O)OC)cn(CC)c2n1. The van der Waals surface area contributed by atoms with E-state index < -0.39 is 11.4 Å². The second kappa shape index (κ2) is 5.68. The number of methoxy groups -OCH3 is 1. The molecule has 0 aliphatic rings. The van der Waals surface area contributed by atoms with E-state index in [4.69, 9.17) is 4.74 Å². The maximum atomic E-state index is 12.2. The molecule has 2 rings (SSSR count). The number of rotatable bonds is 4. The summed E-state index contributed by atoms with van der Waals surface area (Å²) < 4.78 is 11.5. The molecule has 0 spiro atoms. The number of esters is 1. The molecule has 20 heavy (non-hydrogen) atoms. The number of hydrogen-bond donors (Lipinski definition) is 0. The van der Waals surface area contributed by atoms with E-state index in [1.807, 2.05) is 13.8 Å². The lowest BCUT2D eigenvalue weighted by atomic mass is 10.2. The predicted octanol–water partition coefficient (Wildman–Crippen LogP) is 0.997. The Kier molecular flexibility index (Phi) is 3.97. The zero-order chi connectivity index (χ0) is 14.7. The maximum Gasteiger partial charge on any atom is 0.343 e. The summed E-state index contributed by atoms with van der Waals surface area (Å²) in [5.74, 6) is -0.673. The lowest BCUT2D eigenvalue weighted by Crippen LogP contribution is -2.21. The zero-order valence-electron chi connectivity index (χ0n) is 11.5. The molecule has 7 nitrogen and oxygen atoms in total. The van der Waals surface area contributed by atoms with Crippen molar-refractivity contribution in [2.45, 2.75) is 20.4 Å². The molecule has 0 aromatic carbocycles. The van der Waals surface area contributed by atoms with Crippen LogP contribution >= 0.6 is 0 Å². The summed E-state index contributed by atoms with van der Waals surface area (Å²) in [7, 11) is 1.23. The number of carbonyl (C=O) groups is 1. The van der Waals surface area contributed by atoms with Gasteiger partial charge in [0.1, 0.15) is 5.56 Å². The Morgan fingerprint density at radius 2 is 2.15 bits per heavy atom. The predicted molar refractivity (Wildman–Crippen MR) is 72.0 cm³/mol. The third-order valence-corrected chi connectivity index (χ3v) is 2.81. The molecular weight excluding hydrogens is 262 g/mol. The van der Waals surface area contributed by atoms with Crippen molar-refractivity contribution in [3.63, 3.8) is 0 Å². The van der Waals surface area contributed by atoms with Gasteiger partial charge in [-0.1, -0.05) is 0 Å². The molecule has 0 radical (unpaired) electrons. The van der Waals surface area contributed by atoms with E-state index in [0.717, 1.165) is 0 Å². The number of nitrogens with zero attached hydrogens (tertiary/aromatic N) is 3. The molecule has 0 bridgehead atoms. The van der Waals surface area contributed by atoms with E-state index in [1.54, 1.807) is 4.57 Å². The number of aryl methyl sites for hydroxylation is 1. The maximum absolute atomic E-state index is 12.2. The van der Waals surface area contributed by atoms with Gasteiger partial charge in [-0.25, -0.2) is 9.78 Å². The van der Waals surface area contributed by atoms with Crippen molar-refractivity contribution < 1.29 is 14.3 Å². The fourth-order valence-electron chi connectivity index (χ4n) is 1.85. The van der Waals surface area contributed by atoms with E-state index in [2.05, 4.69) is 14.7 Å². The molecule has 0 atom stereocenters. The van der Waals surface area contributed by atoms with Crippen molar-refractivity contribution in [3.05, 3.63) is 28.2 Å². The number of aromatic nitrogens is 3. The summed E-state index contributed by atoms with van der Waals surface area (Å²) >= 11 is 0. The Morgan fingerprint density at radius 3 is 2.75 bits per heavy atom. The van der Waals surface area contributed by atoms with Crippen LogP contribution in [0.5, 0.6) is 6.01 Å². The fourth-order valence-corrected chi connectivity index (χ4v) is 1.85. The molecule has 0 amide bonds. The van der Waals surface area contributed by atoms with Gasteiger partial charge in [-0.3, -0.25) is 4.79 Å². The highest BCUT2D eigenvalue weighted by atomic mass is 16.5. The Bertz CT molecular complexity index is 709. The van der Waals surface area contributed by atoms with Crippen LogP contribution in [0.3, 0.4) is 0 Å². The molecule has 7 heteroatoms. The van der Waals surface area contributed by atoms with Crippen LogP contribution < -0.4 is 10.2 Å². The molecule has 0 saturated carbocycles. The monoisotopic (exact) mass is 277 g/mol. The van der Waals surface area contributed by atoms with Crippen molar-refractivity contribution in [1.29, 1.82) is 0 Å². The smallest absolute Gasteiger partial charge is 0.343 e. The van der Waals surface area contributed by atoms with Gasteiger partial charge in [0, 0.05) is 18.9 Å². The van der Waals surface area contributed by atoms with Crippen LogP contribution in [0.2, 0.25) is 0 Å². The molecule has 2 aromatic rings. The standard InChI is InChI=1S/C13H15N3O4/c1-4-16-7-9(12(18)19-3)10(17)8-6-14-13(20-5-2)15-11(8)16/h6-7H,4-5H2,1-3H3. The highest BCUT2D eigenvalue weighted by Gasteiger charge is 2.17. The molecule has 106 valence electrons. The molecular formula is C13H15N3O4. The van der Waals surface area contributed by atoms with Crippen LogP contribution in [0, 0.1) is 0 Å². The van der Waals surface area contributed by atoms with Crippen molar-refractivity contribution in [1.82, 2.24) is 14.5 Å². The van der Waals surface area contributed by atoms with Crippen LogP contribution in [0.15, 0.2) is 17.2 Å². The number of pyridine rings is 1. The Balaban J connectivity index is 2.74. The minimum atomic E-state index is -0.673. The van der Waals surface area contributed by atoms with Crippen LogP contribution in [-0.2, 0) is 11.3 Å². The van der Waals surface area contributed by atoms with Crippen LogP contribution in [-0.4, -0.2) is 34.2 Å². The van der Waals surface area contributed by atoms with E-state index >= 15 is 0 Å². The van der Waals surface area contributed by atoms with E-state index in [-0.39, 0.29) is 17.0 Å². The second-order valence-electron chi connectivity index (χ2n) is 3.97. The molecule has 0 fully saturated rings. The number of ether oxygens (including phenoxy) is 2. The van der Waals surface area contributed by atoms with Gasteiger partial charge in [0.15, 0.2) is 5.65 Å². The first kappa shape index (κ1) is 14.0. The molecule has 0 aliphatic carbocycles. The average Bonchev–Trinajstić information content (AvgIpc) is 2.47. The molecule has 2 aromatic heterocycles. The van der Waals surface area contributed by atoms with Crippen molar-refractivity contribution in [3.8, 4) is 6.01 Å². The zero-order valence-corrected chi connectivity index (χ0v) is 11.5. The van der Waals surface area contributed by atoms with Crippen LogP contribution in [0.25, 0.3) is 11.0 Å². The molecule has 0 N–H and O–H groups in total.